The van der Waals surface area contributed by atoms with Gasteiger partial charge >= 0.3 is 0 Å². The second-order valence-corrected chi connectivity index (χ2v) is 7.75. The van der Waals surface area contributed by atoms with E-state index in [-0.39, 0.29) is 11.4 Å². The number of aryl methyl sites for hydroxylation is 1. The number of nitrogens with one attached hydrogen (secondary N) is 2. The van der Waals surface area contributed by atoms with Gasteiger partial charge in [-0.2, -0.15) is 0 Å². The molecule has 0 atom stereocenters. The third-order valence-electron chi connectivity index (χ3n) is 4.01. The molecule has 0 spiro atoms. The fourth-order valence-electron chi connectivity index (χ4n) is 2.71. The highest BCUT2D eigenvalue weighted by Crippen LogP contribution is 2.17. The number of hydrogen-bond donors (Lipinski definition) is 2. The third kappa shape index (κ3) is 5.12. The molecule has 1 aliphatic heterocycles. The van der Waals surface area contributed by atoms with Crippen LogP contribution in [0.25, 0.3) is 0 Å². The highest BCUT2D eigenvalue weighted by atomic mass is 32.2. The molecule has 1 aromatic heterocycles. The van der Waals surface area contributed by atoms with Crippen LogP contribution in [0.15, 0.2) is 35.2 Å². The number of nitrogens with zero attached hydrogens (tertiary/aromatic N) is 3. The summed E-state index contributed by atoms with van der Waals surface area (Å²) in [6, 6.07) is 7.09. The fraction of sp³-hybridized carbons (Fsp3) is 0.412. The van der Waals surface area contributed by atoms with Gasteiger partial charge in [0.2, 0.25) is 10.0 Å². The Labute approximate surface area is 157 Å². The topological polar surface area (TPSA) is 96.5 Å². The Hall–Kier alpha value is -2.30. The van der Waals surface area contributed by atoms with Crippen LogP contribution in [0.5, 0.6) is 0 Å². The van der Waals surface area contributed by atoms with Crippen molar-refractivity contribution in [2.45, 2.75) is 11.8 Å². The number of benzene rings is 1. The van der Waals surface area contributed by atoms with E-state index in [1.165, 1.54) is 18.2 Å². The van der Waals surface area contributed by atoms with Gasteiger partial charge in [0.15, 0.2) is 0 Å². The minimum absolute atomic E-state index is 0.0899. The number of sulfonamides is 1. The molecule has 0 bridgehead atoms. The molecular weight excluding hydrogens is 373 g/mol. The molecule has 8 nitrogen and oxygen atoms in total. The zero-order valence-electron chi connectivity index (χ0n) is 15.0. The van der Waals surface area contributed by atoms with E-state index in [2.05, 4.69) is 24.9 Å². The first-order valence-corrected chi connectivity index (χ1v) is 10.1. The van der Waals surface area contributed by atoms with Crippen LogP contribution < -0.4 is 14.9 Å². The molecule has 1 fully saturated rings. The van der Waals surface area contributed by atoms with Gasteiger partial charge in [-0.25, -0.2) is 27.5 Å². The van der Waals surface area contributed by atoms with Crippen LogP contribution in [0.3, 0.4) is 0 Å². The largest absolute Gasteiger partial charge is 0.378 e. The fourth-order valence-corrected chi connectivity index (χ4v) is 3.82. The van der Waals surface area contributed by atoms with Gasteiger partial charge in [0.05, 0.1) is 13.2 Å². The van der Waals surface area contributed by atoms with Gasteiger partial charge < -0.3 is 15.0 Å². The maximum absolute atomic E-state index is 13.7. The zero-order valence-corrected chi connectivity index (χ0v) is 15.8. The van der Waals surface area contributed by atoms with Crippen LogP contribution in [-0.2, 0) is 14.8 Å². The molecule has 10 heteroatoms. The second-order valence-electron chi connectivity index (χ2n) is 6.01. The van der Waals surface area contributed by atoms with Crippen molar-refractivity contribution in [2.75, 3.05) is 49.6 Å². The van der Waals surface area contributed by atoms with Crippen molar-refractivity contribution < 1.29 is 17.5 Å². The average molecular weight is 395 g/mol. The summed E-state index contributed by atoms with van der Waals surface area (Å²) in [4.78, 5) is 10.5. The molecule has 1 aliphatic rings. The number of halogens is 1. The van der Waals surface area contributed by atoms with Crippen LogP contribution >= 0.6 is 0 Å². The van der Waals surface area contributed by atoms with Gasteiger partial charge in [-0.05, 0) is 19.1 Å². The Bertz CT molecular complexity index is 888. The molecule has 0 unspecified atom stereocenters. The summed E-state index contributed by atoms with van der Waals surface area (Å²) in [5.74, 6) is 1.25. The van der Waals surface area contributed by atoms with Crippen LogP contribution in [0, 0.1) is 12.7 Å². The zero-order chi connectivity index (χ0) is 19.3. The van der Waals surface area contributed by atoms with Gasteiger partial charge in [0.1, 0.15) is 28.2 Å². The molecule has 0 saturated carbocycles. The van der Waals surface area contributed by atoms with Crippen molar-refractivity contribution in [3.05, 3.63) is 42.0 Å². The van der Waals surface area contributed by atoms with E-state index in [0.29, 0.717) is 31.4 Å². The Kier molecular flexibility index (Phi) is 6.19. The number of anilines is 2. The Morgan fingerprint density at radius 3 is 2.67 bits per heavy atom. The van der Waals surface area contributed by atoms with Gasteiger partial charge in [-0.15, -0.1) is 0 Å². The smallest absolute Gasteiger partial charge is 0.243 e. The highest BCUT2D eigenvalue weighted by Gasteiger charge is 2.18. The van der Waals surface area contributed by atoms with E-state index in [1.54, 1.807) is 6.92 Å². The van der Waals surface area contributed by atoms with E-state index in [4.69, 9.17) is 4.74 Å². The van der Waals surface area contributed by atoms with Gasteiger partial charge in [-0.1, -0.05) is 12.1 Å². The molecule has 27 heavy (non-hydrogen) atoms. The van der Waals surface area contributed by atoms with Crippen LogP contribution in [0.1, 0.15) is 5.82 Å². The minimum atomic E-state index is -3.90. The SMILES string of the molecule is Cc1nc(NCCNS(=O)(=O)c2ccccc2F)cc(N2CCOCC2)n1. The number of aromatic nitrogens is 2. The van der Waals surface area contributed by atoms with Crippen molar-refractivity contribution in [1.29, 1.82) is 0 Å². The summed E-state index contributed by atoms with van der Waals surface area (Å²) >= 11 is 0. The lowest BCUT2D eigenvalue weighted by Crippen LogP contribution is -2.37. The lowest BCUT2D eigenvalue weighted by molar-refractivity contribution is 0.122. The molecule has 0 aliphatic carbocycles. The lowest BCUT2D eigenvalue weighted by atomic mass is 10.4. The maximum atomic E-state index is 13.7. The molecule has 3 rings (SSSR count). The predicted octanol–water partition coefficient (Wildman–Crippen LogP) is 1.15. The number of rotatable bonds is 7. The normalized spacial score (nSPS) is 15.0. The molecule has 0 amide bonds. The Balaban J connectivity index is 1.57. The first kappa shape index (κ1) is 19.5. The monoisotopic (exact) mass is 395 g/mol. The predicted molar refractivity (Wildman–Crippen MR) is 99.9 cm³/mol. The Morgan fingerprint density at radius 1 is 1.19 bits per heavy atom. The maximum Gasteiger partial charge on any atom is 0.243 e. The van der Waals surface area contributed by atoms with E-state index in [1.807, 2.05) is 6.07 Å². The summed E-state index contributed by atoms with van der Waals surface area (Å²) in [6.07, 6.45) is 0. The number of hydrogen-bond acceptors (Lipinski definition) is 7. The summed E-state index contributed by atoms with van der Waals surface area (Å²) in [5.41, 5.74) is 0. The molecule has 1 aromatic carbocycles. The van der Waals surface area contributed by atoms with Crippen LogP contribution in [-0.4, -0.2) is 57.8 Å². The van der Waals surface area contributed by atoms with Crippen LogP contribution in [0.4, 0.5) is 16.0 Å². The minimum Gasteiger partial charge on any atom is -0.378 e. The van der Waals surface area contributed by atoms with Crippen LogP contribution in [0.2, 0.25) is 0 Å². The summed E-state index contributed by atoms with van der Waals surface area (Å²) in [6.45, 7) is 5.03. The molecule has 2 N–H and O–H groups in total. The number of morpholine rings is 1. The van der Waals surface area contributed by atoms with Crippen molar-refractivity contribution in [2.24, 2.45) is 0 Å². The molecule has 1 saturated heterocycles. The Morgan fingerprint density at radius 2 is 1.93 bits per heavy atom. The molecule has 146 valence electrons. The lowest BCUT2D eigenvalue weighted by Gasteiger charge is -2.28. The third-order valence-corrected chi connectivity index (χ3v) is 5.50. The summed E-state index contributed by atoms with van der Waals surface area (Å²) < 4.78 is 45.7. The second kappa shape index (κ2) is 8.59. The van der Waals surface area contributed by atoms with E-state index in [9.17, 15) is 12.8 Å². The van der Waals surface area contributed by atoms with Gasteiger partial charge in [-0.3, -0.25) is 0 Å². The number of ether oxygens (including phenoxy) is 1. The standard InChI is InChI=1S/C17H22FN5O3S/c1-13-21-16(12-17(22-13)23-8-10-26-11-9-23)19-6-7-20-27(24,25)15-5-3-2-4-14(15)18/h2-5,12,20H,6-11H2,1H3,(H,19,21,22). The summed E-state index contributed by atoms with van der Waals surface area (Å²) in [5, 5.41) is 3.07. The van der Waals surface area contributed by atoms with Crippen molar-refractivity contribution >= 4 is 21.7 Å². The van der Waals surface area contributed by atoms with Crippen molar-refractivity contribution in [3.8, 4) is 0 Å². The molecule has 2 heterocycles. The molecular formula is C17H22FN5O3S. The van der Waals surface area contributed by atoms with E-state index < -0.39 is 15.8 Å². The molecule has 0 radical (unpaired) electrons. The average Bonchev–Trinajstić information content (AvgIpc) is 2.66. The van der Waals surface area contributed by atoms with Crippen molar-refractivity contribution in [1.82, 2.24) is 14.7 Å². The van der Waals surface area contributed by atoms with Gasteiger partial charge in [0.25, 0.3) is 0 Å². The summed E-state index contributed by atoms with van der Waals surface area (Å²) in [7, 11) is -3.90. The first-order chi connectivity index (χ1) is 13.0. The quantitative estimate of drug-likeness (QED) is 0.679. The van der Waals surface area contributed by atoms with Crippen molar-refractivity contribution in [3.63, 3.8) is 0 Å². The molecule has 2 aromatic rings. The van der Waals surface area contributed by atoms with E-state index in [0.717, 1.165) is 25.0 Å². The van der Waals surface area contributed by atoms with Gasteiger partial charge in [0, 0.05) is 32.2 Å². The first-order valence-electron chi connectivity index (χ1n) is 8.62. The van der Waals surface area contributed by atoms with E-state index >= 15 is 0 Å². The highest BCUT2D eigenvalue weighted by molar-refractivity contribution is 7.89.